The second-order valence-electron chi connectivity index (χ2n) is 5.62. The summed E-state index contributed by atoms with van der Waals surface area (Å²) in [5, 5.41) is 2.81. The van der Waals surface area contributed by atoms with Gasteiger partial charge in [0.25, 0.3) is 0 Å². The van der Waals surface area contributed by atoms with E-state index in [2.05, 4.69) is 5.32 Å². The molecule has 0 saturated carbocycles. The Hall–Kier alpha value is -1.84. The number of anilines is 1. The van der Waals surface area contributed by atoms with Gasteiger partial charge in [0.15, 0.2) is 0 Å². The van der Waals surface area contributed by atoms with Crippen molar-refractivity contribution in [2.45, 2.75) is 40.2 Å². The third kappa shape index (κ3) is 2.69. The molecule has 1 aliphatic heterocycles. The fraction of sp³-hybridized carbons (Fsp3) is 0.500. The van der Waals surface area contributed by atoms with E-state index < -0.39 is 6.04 Å². The van der Waals surface area contributed by atoms with Gasteiger partial charge >= 0.3 is 0 Å². The van der Waals surface area contributed by atoms with Crippen LogP contribution in [0.25, 0.3) is 0 Å². The Morgan fingerprint density at radius 2 is 2.00 bits per heavy atom. The lowest BCUT2D eigenvalue weighted by molar-refractivity contribution is -0.132. The lowest BCUT2D eigenvalue weighted by atomic mass is 9.95. The zero-order chi connectivity index (χ0) is 14.9. The minimum absolute atomic E-state index is 0.0118. The topological polar surface area (TPSA) is 49.4 Å². The molecule has 1 saturated heterocycles. The number of rotatable bonds is 3. The molecule has 2 unspecified atom stereocenters. The molecular formula is C16H22N2O2. The highest BCUT2D eigenvalue weighted by atomic mass is 16.2. The molecule has 1 N–H and O–H groups in total. The maximum Gasteiger partial charge on any atom is 0.250 e. The van der Waals surface area contributed by atoms with E-state index in [-0.39, 0.29) is 24.3 Å². The summed E-state index contributed by atoms with van der Waals surface area (Å²) in [6, 6.07) is 5.46. The number of carbonyl (C=O) groups excluding carboxylic acids is 2. The molecule has 20 heavy (non-hydrogen) atoms. The van der Waals surface area contributed by atoms with Crippen molar-refractivity contribution in [2.75, 3.05) is 11.4 Å². The third-order valence-corrected chi connectivity index (χ3v) is 4.17. The van der Waals surface area contributed by atoms with Crippen molar-refractivity contribution in [1.29, 1.82) is 0 Å². The van der Waals surface area contributed by atoms with Crippen LogP contribution in [0.2, 0.25) is 0 Å². The Morgan fingerprint density at radius 1 is 1.30 bits per heavy atom. The van der Waals surface area contributed by atoms with Crippen molar-refractivity contribution in [1.82, 2.24) is 5.32 Å². The molecule has 1 fully saturated rings. The fourth-order valence-corrected chi connectivity index (χ4v) is 2.40. The average molecular weight is 274 g/mol. The van der Waals surface area contributed by atoms with Gasteiger partial charge in [-0.15, -0.1) is 0 Å². The zero-order valence-electron chi connectivity index (χ0n) is 12.6. The third-order valence-electron chi connectivity index (χ3n) is 4.17. The van der Waals surface area contributed by atoms with Gasteiger partial charge in [0.05, 0.1) is 0 Å². The predicted octanol–water partition coefficient (Wildman–Crippen LogP) is 2.18. The first-order valence-electron chi connectivity index (χ1n) is 7.12. The number of hydrogen-bond donors (Lipinski definition) is 1. The van der Waals surface area contributed by atoms with Crippen LogP contribution >= 0.6 is 0 Å². The van der Waals surface area contributed by atoms with Gasteiger partial charge in [-0.25, -0.2) is 0 Å². The van der Waals surface area contributed by atoms with Crippen LogP contribution in [0.4, 0.5) is 5.69 Å². The number of piperazine rings is 1. The standard InChI is InChI=1S/C16H22N2O2/c1-5-10(2)15-16(20)18(9-14(19)17-15)13-7-6-11(3)12(4)8-13/h6-8,10,15H,5,9H2,1-4H3,(H,17,19). The highest BCUT2D eigenvalue weighted by Gasteiger charge is 2.36. The van der Waals surface area contributed by atoms with Gasteiger partial charge in [0.1, 0.15) is 12.6 Å². The van der Waals surface area contributed by atoms with Crippen molar-refractivity contribution in [2.24, 2.45) is 5.92 Å². The first-order valence-corrected chi connectivity index (χ1v) is 7.12. The lowest BCUT2D eigenvalue weighted by Crippen LogP contribution is -2.60. The number of hydrogen-bond acceptors (Lipinski definition) is 2. The molecule has 4 nitrogen and oxygen atoms in total. The summed E-state index contributed by atoms with van der Waals surface area (Å²) in [4.78, 5) is 26.0. The minimum atomic E-state index is -0.414. The number of aryl methyl sites for hydroxylation is 2. The fourth-order valence-electron chi connectivity index (χ4n) is 2.40. The largest absolute Gasteiger partial charge is 0.342 e. The van der Waals surface area contributed by atoms with Gasteiger partial charge in [-0.2, -0.15) is 0 Å². The molecular weight excluding hydrogens is 252 g/mol. The van der Waals surface area contributed by atoms with Gasteiger partial charge in [-0.05, 0) is 43.0 Å². The lowest BCUT2D eigenvalue weighted by Gasteiger charge is -2.35. The molecule has 4 heteroatoms. The second-order valence-corrected chi connectivity index (χ2v) is 5.62. The summed E-state index contributed by atoms with van der Waals surface area (Å²) < 4.78 is 0. The monoisotopic (exact) mass is 274 g/mol. The summed E-state index contributed by atoms with van der Waals surface area (Å²) in [7, 11) is 0. The molecule has 2 amide bonds. The molecule has 1 heterocycles. The molecule has 0 radical (unpaired) electrons. The van der Waals surface area contributed by atoms with Gasteiger partial charge < -0.3 is 10.2 Å². The molecule has 108 valence electrons. The maximum absolute atomic E-state index is 12.6. The Kier molecular flexibility index (Phi) is 4.12. The van der Waals surface area contributed by atoms with Crippen LogP contribution in [-0.4, -0.2) is 24.4 Å². The van der Waals surface area contributed by atoms with Crippen molar-refractivity contribution in [3.8, 4) is 0 Å². The molecule has 1 aliphatic rings. The Labute approximate surface area is 120 Å². The van der Waals surface area contributed by atoms with E-state index >= 15 is 0 Å². The van der Waals surface area contributed by atoms with Gasteiger partial charge in [-0.3, -0.25) is 9.59 Å². The van der Waals surface area contributed by atoms with E-state index in [1.54, 1.807) is 4.90 Å². The van der Waals surface area contributed by atoms with Crippen molar-refractivity contribution < 1.29 is 9.59 Å². The summed E-state index contributed by atoms with van der Waals surface area (Å²) >= 11 is 0. The van der Waals surface area contributed by atoms with Crippen LogP contribution in [0.5, 0.6) is 0 Å². The normalized spacial score (nSPS) is 20.8. The summed E-state index contributed by atoms with van der Waals surface area (Å²) in [5.41, 5.74) is 3.11. The number of benzene rings is 1. The minimum Gasteiger partial charge on any atom is -0.342 e. The highest BCUT2D eigenvalue weighted by molar-refractivity contribution is 6.06. The van der Waals surface area contributed by atoms with Crippen LogP contribution in [0, 0.1) is 19.8 Å². The van der Waals surface area contributed by atoms with Crippen LogP contribution < -0.4 is 10.2 Å². The Balaban J connectivity index is 2.32. The Morgan fingerprint density at radius 3 is 2.60 bits per heavy atom. The van der Waals surface area contributed by atoms with Crippen molar-refractivity contribution in [3.63, 3.8) is 0 Å². The number of amides is 2. The molecule has 1 aromatic rings. The van der Waals surface area contributed by atoms with Gasteiger partial charge in [-0.1, -0.05) is 26.3 Å². The predicted molar refractivity (Wildman–Crippen MR) is 79.7 cm³/mol. The SMILES string of the molecule is CCC(C)C1NC(=O)CN(c2ccc(C)c(C)c2)C1=O. The van der Waals surface area contributed by atoms with Crippen LogP contribution in [0.1, 0.15) is 31.4 Å². The van der Waals surface area contributed by atoms with E-state index in [4.69, 9.17) is 0 Å². The number of nitrogens with one attached hydrogen (secondary N) is 1. The van der Waals surface area contributed by atoms with E-state index in [0.717, 1.165) is 17.7 Å². The highest BCUT2D eigenvalue weighted by Crippen LogP contribution is 2.23. The van der Waals surface area contributed by atoms with Crippen molar-refractivity contribution >= 4 is 17.5 Å². The van der Waals surface area contributed by atoms with Crippen LogP contribution in [0.15, 0.2) is 18.2 Å². The average Bonchev–Trinajstić information content (AvgIpc) is 2.43. The summed E-state index contributed by atoms with van der Waals surface area (Å²) in [6.45, 7) is 8.17. The molecule has 0 aromatic heterocycles. The summed E-state index contributed by atoms with van der Waals surface area (Å²) in [6.07, 6.45) is 0.859. The summed E-state index contributed by atoms with van der Waals surface area (Å²) in [5.74, 6) is 0.0381. The molecule has 2 rings (SSSR count). The Bertz CT molecular complexity index is 539. The number of carbonyl (C=O) groups is 2. The first-order chi connectivity index (χ1) is 9.43. The number of nitrogens with zero attached hydrogens (tertiary/aromatic N) is 1. The van der Waals surface area contributed by atoms with E-state index in [1.807, 2.05) is 45.9 Å². The molecule has 0 spiro atoms. The quantitative estimate of drug-likeness (QED) is 0.918. The molecule has 1 aromatic carbocycles. The van der Waals surface area contributed by atoms with E-state index in [9.17, 15) is 9.59 Å². The van der Waals surface area contributed by atoms with E-state index in [1.165, 1.54) is 5.56 Å². The van der Waals surface area contributed by atoms with Crippen molar-refractivity contribution in [3.05, 3.63) is 29.3 Å². The smallest absolute Gasteiger partial charge is 0.250 e. The molecule has 0 bridgehead atoms. The molecule has 2 atom stereocenters. The second kappa shape index (κ2) is 5.65. The first kappa shape index (κ1) is 14.6. The maximum atomic E-state index is 12.6. The van der Waals surface area contributed by atoms with Gasteiger partial charge in [0.2, 0.25) is 11.8 Å². The zero-order valence-corrected chi connectivity index (χ0v) is 12.6. The van der Waals surface area contributed by atoms with E-state index in [0.29, 0.717) is 0 Å². The molecule has 0 aliphatic carbocycles. The van der Waals surface area contributed by atoms with Crippen LogP contribution in [0.3, 0.4) is 0 Å². The van der Waals surface area contributed by atoms with Crippen LogP contribution in [-0.2, 0) is 9.59 Å². The van der Waals surface area contributed by atoms with Gasteiger partial charge in [0, 0.05) is 5.69 Å².